The van der Waals surface area contributed by atoms with Crippen LogP contribution in [0.15, 0.2) is 54.7 Å². The van der Waals surface area contributed by atoms with Crippen molar-refractivity contribution in [3.05, 3.63) is 70.9 Å². The Morgan fingerprint density at radius 1 is 1.14 bits per heavy atom. The molecule has 0 amide bonds. The normalized spacial score (nSPS) is 10.8. The van der Waals surface area contributed by atoms with Gasteiger partial charge in [-0.05, 0) is 29.8 Å². The van der Waals surface area contributed by atoms with E-state index in [-0.39, 0.29) is 5.97 Å². The molecule has 0 unspecified atom stereocenters. The molecule has 0 fully saturated rings. The third kappa shape index (κ3) is 2.65. The Morgan fingerprint density at radius 3 is 2.62 bits per heavy atom. The monoisotopic (exact) mass is 299 g/mol. The Labute approximate surface area is 127 Å². The first kappa shape index (κ1) is 13.7. The third-order valence-electron chi connectivity index (χ3n) is 3.47. The minimum absolute atomic E-state index is 0.323. The average molecular weight is 300 g/mol. The topological polar surface area (TPSA) is 31.2 Å². The maximum absolute atomic E-state index is 11.4. The SMILES string of the molecule is COC(=O)c1ccc(Cn2ccc3cccc(Cl)c32)cc1. The van der Waals surface area contributed by atoms with Crippen LogP contribution in [0.4, 0.5) is 0 Å². The highest BCUT2D eigenvalue weighted by Gasteiger charge is 2.07. The Bertz CT molecular complexity index is 790. The molecule has 0 aliphatic rings. The van der Waals surface area contributed by atoms with E-state index < -0.39 is 0 Å². The fourth-order valence-electron chi connectivity index (χ4n) is 2.41. The van der Waals surface area contributed by atoms with E-state index in [1.807, 2.05) is 42.6 Å². The molecule has 1 aromatic heterocycles. The van der Waals surface area contributed by atoms with Gasteiger partial charge < -0.3 is 9.30 Å². The predicted octanol–water partition coefficient (Wildman–Crippen LogP) is 4.13. The Kier molecular flexibility index (Phi) is 3.67. The maximum Gasteiger partial charge on any atom is 0.337 e. The molecule has 106 valence electrons. The summed E-state index contributed by atoms with van der Waals surface area (Å²) in [6, 6.07) is 15.3. The molecule has 1 heterocycles. The number of nitrogens with zero attached hydrogens (tertiary/aromatic N) is 1. The zero-order chi connectivity index (χ0) is 14.8. The van der Waals surface area contributed by atoms with Gasteiger partial charge in [0.2, 0.25) is 0 Å². The summed E-state index contributed by atoms with van der Waals surface area (Å²) in [7, 11) is 1.38. The van der Waals surface area contributed by atoms with Crippen LogP contribution in [0.1, 0.15) is 15.9 Å². The zero-order valence-corrected chi connectivity index (χ0v) is 12.3. The number of hydrogen-bond donors (Lipinski definition) is 0. The first-order valence-corrected chi connectivity index (χ1v) is 6.97. The van der Waals surface area contributed by atoms with E-state index >= 15 is 0 Å². The highest BCUT2D eigenvalue weighted by atomic mass is 35.5. The lowest BCUT2D eigenvalue weighted by molar-refractivity contribution is 0.0600. The van der Waals surface area contributed by atoms with Gasteiger partial charge in [0.1, 0.15) is 0 Å². The number of para-hydroxylation sites is 1. The molecular weight excluding hydrogens is 286 g/mol. The van der Waals surface area contributed by atoms with Crippen molar-refractivity contribution in [1.82, 2.24) is 4.57 Å². The number of halogens is 1. The van der Waals surface area contributed by atoms with Crippen molar-refractivity contribution >= 4 is 28.5 Å². The Hall–Kier alpha value is -2.26. The van der Waals surface area contributed by atoms with E-state index in [1.165, 1.54) is 7.11 Å². The van der Waals surface area contributed by atoms with E-state index in [0.29, 0.717) is 12.1 Å². The van der Waals surface area contributed by atoms with Crippen molar-refractivity contribution in [1.29, 1.82) is 0 Å². The van der Waals surface area contributed by atoms with Crippen molar-refractivity contribution in [2.24, 2.45) is 0 Å². The predicted molar refractivity (Wildman–Crippen MR) is 83.8 cm³/mol. The smallest absolute Gasteiger partial charge is 0.337 e. The fraction of sp³-hybridized carbons (Fsp3) is 0.118. The van der Waals surface area contributed by atoms with Gasteiger partial charge in [-0.15, -0.1) is 0 Å². The van der Waals surface area contributed by atoms with Gasteiger partial charge >= 0.3 is 5.97 Å². The molecule has 0 spiro atoms. The summed E-state index contributed by atoms with van der Waals surface area (Å²) >= 11 is 6.27. The molecule has 0 saturated carbocycles. The van der Waals surface area contributed by atoms with Crippen LogP contribution in [0.25, 0.3) is 10.9 Å². The molecule has 21 heavy (non-hydrogen) atoms. The van der Waals surface area contributed by atoms with Gasteiger partial charge in [-0.25, -0.2) is 4.79 Å². The molecule has 3 rings (SSSR count). The second kappa shape index (κ2) is 5.62. The van der Waals surface area contributed by atoms with Crippen LogP contribution in [-0.4, -0.2) is 17.6 Å². The second-order valence-electron chi connectivity index (χ2n) is 4.81. The summed E-state index contributed by atoms with van der Waals surface area (Å²) in [4.78, 5) is 11.4. The molecule has 4 heteroatoms. The zero-order valence-electron chi connectivity index (χ0n) is 11.5. The van der Waals surface area contributed by atoms with E-state index in [0.717, 1.165) is 21.5 Å². The third-order valence-corrected chi connectivity index (χ3v) is 3.77. The number of carbonyl (C=O) groups is 1. The highest BCUT2D eigenvalue weighted by molar-refractivity contribution is 6.35. The van der Waals surface area contributed by atoms with Gasteiger partial charge in [-0.2, -0.15) is 0 Å². The molecule has 0 N–H and O–H groups in total. The van der Waals surface area contributed by atoms with Crippen molar-refractivity contribution in [3.63, 3.8) is 0 Å². The van der Waals surface area contributed by atoms with Crippen molar-refractivity contribution in [2.75, 3.05) is 7.11 Å². The Morgan fingerprint density at radius 2 is 1.90 bits per heavy atom. The summed E-state index contributed by atoms with van der Waals surface area (Å²) in [5.41, 5.74) is 2.67. The summed E-state index contributed by atoms with van der Waals surface area (Å²) < 4.78 is 6.80. The number of benzene rings is 2. The number of aromatic nitrogens is 1. The van der Waals surface area contributed by atoms with Gasteiger partial charge in [0.15, 0.2) is 0 Å². The van der Waals surface area contributed by atoms with Gasteiger partial charge in [0, 0.05) is 18.1 Å². The number of methoxy groups -OCH3 is 1. The first-order valence-electron chi connectivity index (χ1n) is 6.59. The van der Waals surface area contributed by atoms with Crippen LogP contribution in [0.2, 0.25) is 5.02 Å². The quantitative estimate of drug-likeness (QED) is 0.681. The molecule has 2 aromatic carbocycles. The van der Waals surface area contributed by atoms with Crippen LogP contribution in [-0.2, 0) is 11.3 Å². The lowest BCUT2D eigenvalue weighted by atomic mass is 10.1. The second-order valence-corrected chi connectivity index (χ2v) is 5.22. The molecule has 0 radical (unpaired) electrons. The average Bonchev–Trinajstić information content (AvgIpc) is 2.92. The lowest BCUT2D eigenvalue weighted by Gasteiger charge is -2.08. The van der Waals surface area contributed by atoms with E-state index in [9.17, 15) is 4.79 Å². The van der Waals surface area contributed by atoms with Crippen LogP contribution < -0.4 is 0 Å². The molecule has 0 atom stereocenters. The summed E-state index contributed by atoms with van der Waals surface area (Å²) in [5.74, 6) is -0.323. The van der Waals surface area contributed by atoms with Gasteiger partial charge in [-0.1, -0.05) is 35.9 Å². The molecule has 3 aromatic rings. The maximum atomic E-state index is 11.4. The van der Waals surface area contributed by atoms with Crippen LogP contribution in [0, 0.1) is 0 Å². The summed E-state index contributed by atoms with van der Waals surface area (Å²) in [6.45, 7) is 0.703. The number of ether oxygens (including phenoxy) is 1. The minimum atomic E-state index is -0.323. The molecule has 0 aliphatic heterocycles. The van der Waals surface area contributed by atoms with E-state index in [1.54, 1.807) is 12.1 Å². The molecule has 3 nitrogen and oxygen atoms in total. The molecule has 0 bridgehead atoms. The van der Waals surface area contributed by atoms with Crippen molar-refractivity contribution in [2.45, 2.75) is 6.54 Å². The number of hydrogen-bond acceptors (Lipinski definition) is 2. The number of rotatable bonds is 3. The van der Waals surface area contributed by atoms with E-state index in [2.05, 4.69) is 4.57 Å². The molecule has 0 aliphatic carbocycles. The number of fused-ring (bicyclic) bond motifs is 1. The van der Waals surface area contributed by atoms with Crippen molar-refractivity contribution < 1.29 is 9.53 Å². The van der Waals surface area contributed by atoms with Crippen molar-refractivity contribution in [3.8, 4) is 0 Å². The summed E-state index contributed by atoms with van der Waals surface area (Å²) in [5, 5.41) is 1.86. The van der Waals surface area contributed by atoms with Crippen LogP contribution >= 0.6 is 11.6 Å². The summed E-state index contributed by atoms with van der Waals surface area (Å²) in [6.07, 6.45) is 2.02. The lowest BCUT2D eigenvalue weighted by Crippen LogP contribution is -2.02. The van der Waals surface area contributed by atoms with Crippen LogP contribution in [0.5, 0.6) is 0 Å². The van der Waals surface area contributed by atoms with Gasteiger partial charge in [0.05, 0.1) is 23.2 Å². The number of carbonyl (C=O) groups excluding carboxylic acids is 1. The fourth-order valence-corrected chi connectivity index (χ4v) is 2.70. The molecule has 0 saturated heterocycles. The standard InChI is InChI=1S/C17H14ClNO2/c1-21-17(20)14-7-5-12(6-8-14)11-19-10-9-13-3-2-4-15(18)16(13)19/h2-10H,11H2,1H3. The van der Waals surface area contributed by atoms with Crippen LogP contribution in [0.3, 0.4) is 0 Å². The Balaban J connectivity index is 1.90. The molecular formula is C17H14ClNO2. The first-order chi connectivity index (χ1) is 10.2. The largest absolute Gasteiger partial charge is 0.465 e. The van der Waals surface area contributed by atoms with Gasteiger partial charge in [0.25, 0.3) is 0 Å². The minimum Gasteiger partial charge on any atom is -0.465 e. The van der Waals surface area contributed by atoms with E-state index in [4.69, 9.17) is 16.3 Å². The van der Waals surface area contributed by atoms with Gasteiger partial charge in [-0.3, -0.25) is 0 Å². The number of esters is 1. The highest BCUT2D eigenvalue weighted by Crippen LogP contribution is 2.25.